The highest BCUT2D eigenvalue weighted by Gasteiger charge is 2.34. The van der Waals surface area contributed by atoms with Crippen molar-refractivity contribution in [2.24, 2.45) is 0 Å². The number of hydrogen-bond acceptors (Lipinski definition) is 2. The fourth-order valence-corrected chi connectivity index (χ4v) is 4.98. The van der Waals surface area contributed by atoms with E-state index in [1.165, 1.54) is 31.8 Å². The molecule has 0 aliphatic heterocycles. The number of hydrogen-bond donors (Lipinski definition) is 1. The van der Waals surface area contributed by atoms with Gasteiger partial charge in [0.25, 0.3) is 0 Å². The number of thiophene rings is 1. The van der Waals surface area contributed by atoms with Gasteiger partial charge in [-0.1, -0.05) is 31.2 Å². The van der Waals surface area contributed by atoms with Gasteiger partial charge in [-0.15, -0.1) is 11.3 Å². The number of halogens is 1. The number of aryl methyl sites for hydroxylation is 1. The lowest BCUT2D eigenvalue weighted by Gasteiger charge is -2.36. The highest BCUT2D eigenvalue weighted by molar-refractivity contribution is 9.10. The van der Waals surface area contributed by atoms with E-state index in [4.69, 9.17) is 0 Å². The Hall–Kier alpha value is -0.640. The molecule has 0 fully saturated rings. The number of likely N-dealkylation sites (N-methyl/N-ethyl adjacent to an activating group) is 1. The topological polar surface area (TPSA) is 12.0 Å². The molecule has 0 saturated heterocycles. The van der Waals surface area contributed by atoms with Crippen molar-refractivity contribution in [2.75, 3.05) is 6.54 Å². The second-order valence-electron chi connectivity index (χ2n) is 5.11. The lowest BCUT2D eigenvalue weighted by atomic mass is 9.73. The summed E-state index contributed by atoms with van der Waals surface area (Å²) in [7, 11) is 0. The van der Waals surface area contributed by atoms with Crippen molar-refractivity contribution >= 4 is 27.3 Å². The van der Waals surface area contributed by atoms with E-state index in [1.807, 2.05) is 11.3 Å². The fraction of sp³-hybridized carbons (Fsp3) is 0.375. The van der Waals surface area contributed by atoms with E-state index >= 15 is 0 Å². The zero-order valence-electron chi connectivity index (χ0n) is 11.2. The average Bonchev–Trinajstić information content (AvgIpc) is 2.69. The van der Waals surface area contributed by atoms with Crippen LogP contribution in [0.25, 0.3) is 0 Å². The average molecular weight is 336 g/mol. The van der Waals surface area contributed by atoms with Crippen LogP contribution in [-0.2, 0) is 6.42 Å². The summed E-state index contributed by atoms with van der Waals surface area (Å²) >= 11 is 5.62. The van der Waals surface area contributed by atoms with Crippen LogP contribution in [0.5, 0.6) is 0 Å². The lowest BCUT2D eigenvalue weighted by molar-refractivity contribution is 0.424. The van der Waals surface area contributed by atoms with E-state index in [9.17, 15) is 0 Å². The van der Waals surface area contributed by atoms with Crippen molar-refractivity contribution in [1.82, 2.24) is 5.32 Å². The molecule has 1 aromatic carbocycles. The van der Waals surface area contributed by atoms with Gasteiger partial charge in [-0.3, -0.25) is 0 Å². The maximum Gasteiger partial charge on any atom is 0.0499 e. The van der Waals surface area contributed by atoms with Crippen LogP contribution in [0.1, 0.15) is 39.8 Å². The van der Waals surface area contributed by atoms with E-state index in [1.54, 1.807) is 0 Å². The van der Waals surface area contributed by atoms with Crippen LogP contribution in [0.15, 0.2) is 34.8 Å². The molecule has 1 heterocycles. The van der Waals surface area contributed by atoms with Crippen LogP contribution < -0.4 is 5.32 Å². The van der Waals surface area contributed by atoms with Gasteiger partial charge in [-0.25, -0.2) is 0 Å². The molecule has 0 radical (unpaired) electrons. The lowest BCUT2D eigenvalue weighted by Crippen LogP contribution is -2.32. The minimum atomic E-state index is 0.438. The van der Waals surface area contributed by atoms with Crippen molar-refractivity contribution in [3.63, 3.8) is 0 Å². The van der Waals surface area contributed by atoms with Gasteiger partial charge in [-0.05, 0) is 53.0 Å². The third-order valence-corrected chi connectivity index (χ3v) is 5.89. The highest BCUT2D eigenvalue weighted by Crippen LogP contribution is 2.46. The first-order valence-corrected chi connectivity index (χ1v) is 8.38. The normalized spacial score (nSPS) is 18.8. The largest absolute Gasteiger partial charge is 0.309 e. The van der Waals surface area contributed by atoms with E-state index in [-0.39, 0.29) is 0 Å². The Morgan fingerprint density at radius 2 is 2.21 bits per heavy atom. The van der Waals surface area contributed by atoms with E-state index in [0.717, 1.165) is 6.54 Å². The van der Waals surface area contributed by atoms with Crippen LogP contribution in [0.4, 0.5) is 0 Å². The second-order valence-corrected chi connectivity index (χ2v) is 7.26. The number of rotatable bonds is 4. The highest BCUT2D eigenvalue weighted by atomic mass is 79.9. The third kappa shape index (κ3) is 2.39. The molecular weight excluding hydrogens is 318 g/mol. The Morgan fingerprint density at radius 3 is 2.84 bits per heavy atom. The minimum Gasteiger partial charge on any atom is -0.309 e. The molecule has 2 atom stereocenters. The van der Waals surface area contributed by atoms with Crippen molar-refractivity contribution in [3.8, 4) is 0 Å². The van der Waals surface area contributed by atoms with Crippen molar-refractivity contribution in [3.05, 3.63) is 55.7 Å². The monoisotopic (exact) mass is 335 g/mol. The Kier molecular flexibility index (Phi) is 3.79. The molecule has 1 aliphatic rings. The zero-order chi connectivity index (χ0) is 13.4. The first-order chi connectivity index (χ1) is 9.20. The van der Waals surface area contributed by atoms with Crippen LogP contribution in [-0.4, -0.2) is 6.54 Å². The number of nitrogens with one attached hydrogen (secondary N) is 1. The molecule has 0 amide bonds. The van der Waals surface area contributed by atoms with E-state index in [2.05, 4.69) is 65.4 Å². The van der Waals surface area contributed by atoms with Gasteiger partial charge in [0.05, 0.1) is 0 Å². The van der Waals surface area contributed by atoms with Crippen LogP contribution in [0.2, 0.25) is 0 Å². The fourth-order valence-electron chi connectivity index (χ4n) is 2.95. The third-order valence-electron chi connectivity index (χ3n) is 3.84. The van der Waals surface area contributed by atoms with Gasteiger partial charge in [-0.2, -0.15) is 0 Å². The van der Waals surface area contributed by atoms with Crippen LogP contribution in [0.3, 0.4) is 0 Å². The summed E-state index contributed by atoms with van der Waals surface area (Å²) in [5, 5.41) is 3.68. The molecule has 2 unspecified atom stereocenters. The Balaban J connectivity index is 1.93. The van der Waals surface area contributed by atoms with Crippen molar-refractivity contribution in [1.29, 1.82) is 0 Å². The molecule has 1 aliphatic carbocycles. The minimum absolute atomic E-state index is 0.438. The molecule has 19 heavy (non-hydrogen) atoms. The summed E-state index contributed by atoms with van der Waals surface area (Å²) < 4.78 is 1.25. The van der Waals surface area contributed by atoms with Crippen molar-refractivity contribution in [2.45, 2.75) is 32.2 Å². The smallest absolute Gasteiger partial charge is 0.0499 e. The summed E-state index contributed by atoms with van der Waals surface area (Å²) in [6.45, 7) is 5.37. The standard InChI is InChI=1S/C16H18BrNS/c1-3-18-15(16-14(17)8-10(2)19-16)13-9-11-6-4-5-7-12(11)13/h4-8,13,15,18H,3,9H2,1-2H3. The Labute approximate surface area is 127 Å². The molecule has 2 aromatic rings. The SMILES string of the molecule is CCNC(c1sc(C)cc1Br)C1Cc2ccccc21. The summed E-state index contributed by atoms with van der Waals surface area (Å²) in [5.74, 6) is 0.616. The van der Waals surface area contributed by atoms with Crippen LogP contribution >= 0.6 is 27.3 Å². The molecule has 0 spiro atoms. The Morgan fingerprint density at radius 1 is 1.42 bits per heavy atom. The van der Waals surface area contributed by atoms with Gasteiger partial charge in [0.2, 0.25) is 0 Å². The van der Waals surface area contributed by atoms with Gasteiger partial charge in [0.15, 0.2) is 0 Å². The molecule has 3 heteroatoms. The first-order valence-electron chi connectivity index (χ1n) is 6.77. The molecule has 1 nitrogen and oxygen atoms in total. The summed E-state index contributed by atoms with van der Waals surface area (Å²) in [6, 6.07) is 11.5. The van der Waals surface area contributed by atoms with E-state index < -0.39 is 0 Å². The quantitative estimate of drug-likeness (QED) is 0.845. The second kappa shape index (κ2) is 5.39. The maximum absolute atomic E-state index is 3.72. The molecule has 0 saturated carbocycles. The summed E-state index contributed by atoms with van der Waals surface area (Å²) in [5.41, 5.74) is 3.03. The van der Waals surface area contributed by atoms with Gasteiger partial charge < -0.3 is 5.32 Å². The molecule has 1 N–H and O–H groups in total. The predicted molar refractivity (Wildman–Crippen MR) is 86.1 cm³/mol. The summed E-state index contributed by atoms with van der Waals surface area (Å²) in [4.78, 5) is 2.82. The maximum atomic E-state index is 3.72. The first kappa shape index (κ1) is 13.3. The molecule has 100 valence electrons. The van der Waals surface area contributed by atoms with Gasteiger partial charge >= 0.3 is 0 Å². The van der Waals surface area contributed by atoms with Crippen molar-refractivity contribution < 1.29 is 0 Å². The van der Waals surface area contributed by atoms with Gasteiger partial charge in [0, 0.05) is 26.2 Å². The van der Waals surface area contributed by atoms with E-state index in [0.29, 0.717) is 12.0 Å². The molecule has 0 bridgehead atoms. The number of benzene rings is 1. The van der Waals surface area contributed by atoms with Gasteiger partial charge in [0.1, 0.15) is 0 Å². The summed E-state index contributed by atoms with van der Waals surface area (Å²) in [6.07, 6.45) is 1.19. The molecule has 1 aromatic heterocycles. The molecular formula is C16H18BrNS. The molecule has 3 rings (SSSR count). The Bertz CT molecular complexity index is 590. The van der Waals surface area contributed by atoms with Crippen LogP contribution in [0, 0.1) is 6.92 Å². The predicted octanol–water partition coefficient (Wildman–Crippen LogP) is 4.81. The zero-order valence-corrected chi connectivity index (χ0v) is 13.6. The number of fused-ring (bicyclic) bond motifs is 1.